The van der Waals surface area contributed by atoms with Gasteiger partial charge in [0.15, 0.2) is 0 Å². The second-order valence-corrected chi connectivity index (χ2v) is 4.78. The van der Waals surface area contributed by atoms with E-state index in [2.05, 4.69) is 27.3 Å². The Morgan fingerprint density at radius 3 is 2.47 bits per heavy atom. The van der Waals surface area contributed by atoms with Crippen LogP contribution in [0.1, 0.15) is 15.9 Å². The van der Waals surface area contributed by atoms with E-state index >= 15 is 0 Å². The van der Waals surface area contributed by atoms with Gasteiger partial charge >= 0.3 is 0 Å². The van der Waals surface area contributed by atoms with Crippen LogP contribution in [0, 0.1) is 11.3 Å². The molecule has 0 saturated heterocycles. The Bertz CT molecular complexity index is 659. The van der Waals surface area contributed by atoms with E-state index < -0.39 is 5.91 Å². The fourth-order valence-corrected chi connectivity index (χ4v) is 1.95. The predicted octanol–water partition coefficient (Wildman–Crippen LogP) is 3.16. The second-order valence-electron chi connectivity index (χ2n) is 3.87. The van der Waals surface area contributed by atoms with Crippen molar-refractivity contribution in [2.75, 3.05) is 5.32 Å². The number of nitriles is 1. The monoisotopic (exact) mass is 315 g/mol. The Kier molecular flexibility index (Phi) is 3.83. The molecule has 0 aliphatic rings. The fourth-order valence-electron chi connectivity index (χ4n) is 1.59. The molecule has 2 rings (SSSR count). The normalized spacial score (nSPS) is 9.68. The zero-order valence-corrected chi connectivity index (χ0v) is 11.4. The van der Waals surface area contributed by atoms with Crippen LogP contribution in [0.3, 0.4) is 0 Å². The molecule has 2 aromatic rings. The van der Waals surface area contributed by atoms with Crippen LogP contribution in [0.25, 0.3) is 0 Å². The third kappa shape index (κ3) is 3.12. The van der Waals surface area contributed by atoms with Crippen molar-refractivity contribution in [3.05, 3.63) is 58.1 Å². The molecule has 0 atom stereocenters. The number of amides is 1. The lowest BCUT2D eigenvalue weighted by Crippen LogP contribution is -2.10. The summed E-state index contributed by atoms with van der Waals surface area (Å²) in [6.07, 6.45) is 0. The van der Waals surface area contributed by atoms with Gasteiger partial charge in [0.25, 0.3) is 0 Å². The molecule has 0 radical (unpaired) electrons. The molecule has 1 amide bonds. The largest absolute Gasteiger partial charge is 0.366 e. The van der Waals surface area contributed by atoms with E-state index in [0.29, 0.717) is 16.8 Å². The average molecular weight is 316 g/mol. The maximum absolute atomic E-state index is 11.0. The number of halogens is 1. The lowest BCUT2D eigenvalue weighted by Gasteiger charge is -2.08. The zero-order chi connectivity index (χ0) is 13.8. The van der Waals surface area contributed by atoms with Gasteiger partial charge in [0.1, 0.15) is 6.07 Å². The molecule has 4 nitrogen and oxygen atoms in total. The van der Waals surface area contributed by atoms with Gasteiger partial charge in [0.2, 0.25) is 5.91 Å². The van der Waals surface area contributed by atoms with Gasteiger partial charge < -0.3 is 11.1 Å². The zero-order valence-electron chi connectivity index (χ0n) is 9.85. The van der Waals surface area contributed by atoms with Crippen LogP contribution in [0.4, 0.5) is 11.4 Å². The van der Waals surface area contributed by atoms with E-state index in [1.165, 1.54) is 0 Å². The van der Waals surface area contributed by atoms with Crippen molar-refractivity contribution in [2.45, 2.75) is 0 Å². The minimum Gasteiger partial charge on any atom is -0.366 e. The van der Waals surface area contributed by atoms with Gasteiger partial charge in [-0.2, -0.15) is 5.26 Å². The molecule has 0 spiro atoms. The summed E-state index contributed by atoms with van der Waals surface area (Å²) in [5.74, 6) is -0.465. The van der Waals surface area contributed by atoms with Gasteiger partial charge in [0.05, 0.1) is 11.3 Å². The Morgan fingerprint density at radius 1 is 1.21 bits per heavy atom. The number of nitrogens with zero attached hydrogens (tertiary/aromatic N) is 1. The van der Waals surface area contributed by atoms with E-state index in [0.717, 1.165) is 10.2 Å². The predicted molar refractivity (Wildman–Crippen MR) is 77.1 cm³/mol. The van der Waals surface area contributed by atoms with E-state index in [9.17, 15) is 4.79 Å². The molecular formula is C14H10BrN3O. The molecule has 0 bridgehead atoms. The molecule has 2 aromatic carbocycles. The Hall–Kier alpha value is -2.32. The van der Waals surface area contributed by atoms with Crippen LogP contribution in [-0.4, -0.2) is 5.91 Å². The molecule has 0 aliphatic heterocycles. The van der Waals surface area contributed by atoms with Crippen LogP contribution < -0.4 is 11.1 Å². The van der Waals surface area contributed by atoms with E-state index in [4.69, 9.17) is 11.0 Å². The van der Waals surface area contributed by atoms with Gasteiger partial charge in [-0.05, 0) is 42.5 Å². The molecular weight excluding hydrogens is 306 g/mol. The lowest BCUT2D eigenvalue weighted by molar-refractivity contribution is 0.100. The molecule has 0 aliphatic carbocycles. The minimum absolute atomic E-state index is 0.446. The highest BCUT2D eigenvalue weighted by Gasteiger charge is 2.04. The highest BCUT2D eigenvalue weighted by atomic mass is 79.9. The lowest BCUT2D eigenvalue weighted by atomic mass is 10.1. The van der Waals surface area contributed by atoms with E-state index in [-0.39, 0.29) is 0 Å². The number of nitrogens with one attached hydrogen (secondary N) is 1. The SMILES string of the molecule is N#Cc1cc(Br)ccc1Nc1ccc(C(N)=O)cc1. The van der Waals surface area contributed by atoms with Gasteiger partial charge in [0, 0.05) is 15.7 Å². The molecule has 5 heteroatoms. The van der Waals surface area contributed by atoms with Crippen LogP contribution in [0.2, 0.25) is 0 Å². The maximum atomic E-state index is 11.0. The van der Waals surface area contributed by atoms with E-state index in [1.807, 2.05) is 12.1 Å². The summed E-state index contributed by atoms with van der Waals surface area (Å²) in [6, 6.07) is 14.3. The van der Waals surface area contributed by atoms with Gasteiger partial charge in [-0.1, -0.05) is 15.9 Å². The standard InChI is InChI=1S/C14H10BrN3O/c15-11-3-6-13(10(7-11)8-16)18-12-4-1-9(2-5-12)14(17)19/h1-7,18H,(H2,17,19). The molecule has 94 valence electrons. The summed E-state index contributed by atoms with van der Waals surface area (Å²) in [5.41, 5.74) is 7.64. The van der Waals surface area contributed by atoms with E-state index in [1.54, 1.807) is 30.3 Å². The molecule has 0 fully saturated rings. The summed E-state index contributed by atoms with van der Waals surface area (Å²) in [6.45, 7) is 0. The first kappa shape index (κ1) is 13.1. The van der Waals surface area contributed by atoms with Gasteiger partial charge in [-0.15, -0.1) is 0 Å². The summed E-state index contributed by atoms with van der Waals surface area (Å²) in [7, 11) is 0. The highest BCUT2D eigenvalue weighted by molar-refractivity contribution is 9.10. The first-order valence-corrected chi connectivity index (χ1v) is 6.26. The topological polar surface area (TPSA) is 78.9 Å². The number of hydrogen-bond acceptors (Lipinski definition) is 3. The number of hydrogen-bond donors (Lipinski definition) is 2. The summed E-state index contributed by atoms with van der Waals surface area (Å²) >= 11 is 3.32. The Balaban J connectivity index is 2.26. The average Bonchev–Trinajstić information content (AvgIpc) is 2.41. The maximum Gasteiger partial charge on any atom is 0.248 e. The van der Waals surface area contributed by atoms with Crippen molar-refractivity contribution in [1.29, 1.82) is 5.26 Å². The van der Waals surface area contributed by atoms with Crippen molar-refractivity contribution in [3.8, 4) is 6.07 Å². The van der Waals surface area contributed by atoms with Crippen molar-refractivity contribution in [2.24, 2.45) is 5.73 Å². The Morgan fingerprint density at radius 2 is 1.89 bits per heavy atom. The van der Waals surface area contributed by atoms with Crippen molar-refractivity contribution in [1.82, 2.24) is 0 Å². The third-order valence-corrected chi connectivity index (χ3v) is 3.04. The molecule has 0 unspecified atom stereocenters. The number of carbonyl (C=O) groups excluding carboxylic acids is 1. The van der Waals surface area contributed by atoms with Crippen molar-refractivity contribution in [3.63, 3.8) is 0 Å². The number of primary amides is 1. The quantitative estimate of drug-likeness (QED) is 0.913. The first-order valence-electron chi connectivity index (χ1n) is 5.46. The summed E-state index contributed by atoms with van der Waals surface area (Å²) < 4.78 is 0.846. The van der Waals surface area contributed by atoms with Crippen LogP contribution in [-0.2, 0) is 0 Å². The number of benzene rings is 2. The number of anilines is 2. The first-order chi connectivity index (χ1) is 9.10. The van der Waals surface area contributed by atoms with Crippen molar-refractivity contribution < 1.29 is 4.79 Å². The fraction of sp³-hybridized carbons (Fsp3) is 0. The van der Waals surface area contributed by atoms with Gasteiger partial charge in [-0.3, -0.25) is 4.79 Å². The smallest absolute Gasteiger partial charge is 0.248 e. The number of carbonyl (C=O) groups is 1. The molecule has 0 heterocycles. The Labute approximate surface area is 119 Å². The van der Waals surface area contributed by atoms with Crippen LogP contribution >= 0.6 is 15.9 Å². The summed E-state index contributed by atoms with van der Waals surface area (Å²) in [5, 5.41) is 12.2. The molecule has 19 heavy (non-hydrogen) atoms. The molecule has 0 saturated carbocycles. The van der Waals surface area contributed by atoms with Gasteiger partial charge in [-0.25, -0.2) is 0 Å². The third-order valence-electron chi connectivity index (χ3n) is 2.55. The molecule has 3 N–H and O–H groups in total. The minimum atomic E-state index is -0.465. The van der Waals surface area contributed by atoms with Crippen molar-refractivity contribution >= 4 is 33.2 Å². The number of nitrogens with two attached hydrogens (primary N) is 1. The summed E-state index contributed by atoms with van der Waals surface area (Å²) in [4.78, 5) is 11.0. The highest BCUT2D eigenvalue weighted by Crippen LogP contribution is 2.24. The van der Waals surface area contributed by atoms with Crippen LogP contribution in [0.5, 0.6) is 0 Å². The number of rotatable bonds is 3. The van der Waals surface area contributed by atoms with Crippen LogP contribution in [0.15, 0.2) is 46.9 Å². The molecule has 0 aromatic heterocycles. The second kappa shape index (κ2) is 5.55.